The van der Waals surface area contributed by atoms with Crippen LogP contribution in [-0.2, 0) is 17.1 Å². The maximum absolute atomic E-state index is 11.7. The van der Waals surface area contributed by atoms with E-state index in [-0.39, 0.29) is 27.3 Å². The summed E-state index contributed by atoms with van der Waals surface area (Å²) < 4.78 is 24.9. The number of primary sulfonamides is 1. The van der Waals surface area contributed by atoms with Crippen LogP contribution in [-0.4, -0.2) is 23.2 Å². The molecule has 8 nitrogen and oxygen atoms in total. The molecule has 0 aliphatic heterocycles. The van der Waals surface area contributed by atoms with Gasteiger partial charge in [0.2, 0.25) is 21.0 Å². The summed E-state index contributed by atoms with van der Waals surface area (Å²) in [7, 11) is -2.25. The summed E-state index contributed by atoms with van der Waals surface area (Å²) in [4.78, 5) is -0.122. The Morgan fingerprint density at radius 2 is 2.00 bits per heavy atom. The lowest BCUT2D eigenvalue weighted by atomic mass is 10.1. The van der Waals surface area contributed by atoms with Gasteiger partial charge in [-0.25, -0.2) is 13.6 Å². The van der Waals surface area contributed by atoms with Gasteiger partial charge in [0.05, 0.1) is 11.2 Å². The van der Waals surface area contributed by atoms with E-state index in [1.807, 2.05) is 6.92 Å². The number of benzene rings is 2. The second-order valence-corrected chi connectivity index (χ2v) is 8.37. The highest BCUT2D eigenvalue weighted by atomic mass is 35.5. The van der Waals surface area contributed by atoms with Gasteiger partial charge in [-0.15, -0.1) is 10.2 Å². The smallest absolute Gasteiger partial charge is 0.240 e. The third kappa shape index (κ3) is 3.85. The van der Waals surface area contributed by atoms with E-state index in [9.17, 15) is 13.5 Å². The standard InChI is InChI=1S/C17H16ClN5O3S2/c1-9-7-10(18)8-11-14(16(24)23(2)15(9)11)21-22-17(27)20-12-5-3-4-6-13(12)28(19,25)26/h3-8,24H,1-2H3,(H,20,27)(H2,19,25,26). The van der Waals surface area contributed by atoms with Crippen LogP contribution in [0.15, 0.2) is 51.5 Å². The first-order valence-corrected chi connectivity index (χ1v) is 10.2. The van der Waals surface area contributed by atoms with Crippen molar-refractivity contribution in [3.05, 3.63) is 47.0 Å². The van der Waals surface area contributed by atoms with Crippen LogP contribution in [0, 0.1) is 6.92 Å². The van der Waals surface area contributed by atoms with E-state index in [1.54, 1.807) is 29.8 Å². The van der Waals surface area contributed by atoms with Gasteiger partial charge in [0.15, 0.2) is 5.69 Å². The van der Waals surface area contributed by atoms with Gasteiger partial charge in [0, 0.05) is 17.5 Å². The number of para-hydroxylation sites is 1. The lowest BCUT2D eigenvalue weighted by molar-refractivity contribution is 0.436. The number of nitrogens with zero attached hydrogens (tertiary/aromatic N) is 3. The van der Waals surface area contributed by atoms with Gasteiger partial charge >= 0.3 is 0 Å². The van der Waals surface area contributed by atoms with E-state index in [0.29, 0.717) is 10.4 Å². The summed E-state index contributed by atoms with van der Waals surface area (Å²) in [6.45, 7) is 1.87. The Morgan fingerprint density at radius 1 is 1.32 bits per heavy atom. The van der Waals surface area contributed by atoms with E-state index in [2.05, 4.69) is 15.5 Å². The zero-order valence-corrected chi connectivity index (χ0v) is 17.2. The van der Waals surface area contributed by atoms with Crippen LogP contribution in [0.25, 0.3) is 10.9 Å². The Kier molecular flexibility index (Phi) is 5.39. The zero-order chi connectivity index (χ0) is 20.6. The van der Waals surface area contributed by atoms with Crippen molar-refractivity contribution in [1.82, 2.24) is 4.57 Å². The molecule has 3 aromatic rings. The van der Waals surface area contributed by atoms with Gasteiger partial charge in [-0.05, 0) is 49.0 Å². The molecule has 0 spiro atoms. The molecule has 0 amide bonds. The molecule has 1 aromatic heterocycles. The molecule has 11 heteroatoms. The molecule has 3 rings (SSSR count). The lowest BCUT2D eigenvalue weighted by Gasteiger charge is -2.08. The van der Waals surface area contributed by atoms with Crippen LogP contribution in [0.2, 0.25) is 5.02 Å². The van der Waals surface area contributed by atoms with Crippen molar-refractivity contribution in [3.8, 4) is 5.88 Å². The maximum atomic E-state index is 11.7. The average molecular weight is 438 g/mol. The monoisotopic (exact) mass is 437 g/mol. The Hall–Kier alpha value is -2.53. The van der Waals surface area contributed by atoms with Gasteiger partial charge in [0.1, 0.15) is 4.90 Å². The Labute approximate surface area is 171 Å². The molecule has 1 heterocycles. The summed E-state index contributed by atoms with van der Waals surface area (Å²) >= 11 is 11.2. The number of fused-ring (bicyclic) bond motifs is 1. The van der Waals surface area contributed by atoms with Gasteiger partial charge in [0.25, 0.3) is 0 Å². The first-order valence-electron chi connectivity index (χ1n) is 7.91. The minimum Gasteiger partial charge on any atom is -0.493 e. The van der Waals surface area contributed by atoms with E-state index in [0.717, 1.165) is 11.1 Å². The highest BCUT2D eigenvalue weighted by Gasteiger charge is 2.17. The largest absolute Gasteiger partial charge is 0.493 e. The number of anilines is 1. The van der Waals surface area contributed by atoms with E-state index in [1.165, 1.54) is 18.2 Å². The minimum absolute atomic E-state index is 0.100. The van der Waals surface area contributed by atoms with Crippen LogP contribution in [0.1, 0.15) is 5.56 Å². The summed E-state index contributed by atoms with van der Waals surface area (Å²) in [6, 6.07) is 9.46. The molecule has 146 valence electrons. The fourth-order valence-electron chi connectivity index (χ4n) is 2.90. The predicted molar refractivity (Wildman–Crippen MR) is 113 cm³/mol. The summed E-state index contributed by atoms with van der Waals surface area (Å²) in [5, 5.41) is 27.2. The van der Waals surface area contributed by atoms with Crippen molar-refractivity contribution in [3.63, 3.8) is 0 Å². The average Bonchev–Trinajstić information content (AvgIpc) is 2.83. The zero-order valence-electron chi connectivity index (χ0n) is 14.8. The number of halogens is 1. The number of azo groups is 1. The van der Waals surface area contributed by atoms with Crippen LogP contribution >= 0.6 is 23.8 Å². The first kappa shape index (κ1) is 20.2. The minimum atomic E-state index is -3.94. The molecule has 28 heavy (non-hydrogen) atoms. The molecule has 0 bridgehead atoms. The Bertz CT molecular complexity index is 1240. The number of thiocarbonyl (C=S) groups is 1. The number of aromatic hydroxyl groups is 1. The number of sulfonamides is 1. The van der Waals surface area contributed by atoms with Crippen molar-refractivity contribution in [1.29, 1.82) is 0 Å². The second kappa shape index (κ2) is 7.47. The molecule has 2 aromatic carbocycles. The second-order valence-electron chi connectivity index (χ2n) is 6.02. The fraction of sp³-hybridized carbons (Fsp3) is 0.118. The number of aromatic nitrogens is 1. The number of rotatable bonds is 3. The molecule has 4 N–H and O–H groups in total. The Balaban J connectivity index is 1.96. The summed E-state index contributed by atoms with van der Waals surface area (Å²) in [5.41, 5.74) is 2.00. The van der Waals surface area contributed by atoms with Crippen molar-refractivity contribution in [2.45, 2.75) is 11.8 Å². The number of hydrogen-bond donors (Lipinski definition) is 3. The van der Waals surface area contributed by atoms with Gasteiger partial charge in [-0.2, -0.15) is 0 Å². The van der Waals surface area contributed by atoms with E-state index < -0.39 is 10.0 Å². The lowest BCUT2D eigenvalue weighted by Crippen LogP contribution is -2.16. The van der Waals surface area contributed by atoms with Crippen molar-refractivity contribution >= 4 is 61.2 Å². The molecule has 0 fully saturated rings. The summed E-state index contributed by atoms with van der Waals surface area (Å²) in [6.07, 6.45) is 0. The first-order chi connectivity index (χ1) is 13.1. The number of nitrogens with one attached hydrogen (secondary N) is 1. The molecule has 0 aliphatic rings. The van der Waals surface area contributed by atoms with E-state index >= 15 is 0 Å². The highest BCUT2D eigenvalue weighted by Crippen LogP contribution is 2.40. The SMILES string of the molecule is Cc1cc(Cl)cc2c(N=NC(=S)Nc3ccccc3S(N)(=O)=O)c(O)n(C)c12. The number of hydrogen-bond acceptors (Lipinski definition) is 5. The molecule has 0 saturated carbocycles. The highest BCUT2D eigenvalue weighted by molar-refractivity contribution is 7.89. The van der Waals surface area contributed by atoms with Crippen LogP contribution in [0.4, 0.5) is 11.4 Å². The summed E-state index contributed by atoms with van der Waals surface area (Å²) in [5.74, 6) is -0.100. The molecule has 0 aliphatic carbocycles. The van der Waals surface area contributed by atoms with Gasteiger partial charge in [-0.1, -0.05) is 23.7 Å². The van der Waals surface area contributed by atoms with Gasteiger partial charge < -0.3 is 15.0 Å². The van der Waals surface area contributed by atoms with Crippen molar-refractivity contribution < 1.29 is 13.5 Å². The third-order valence-corrected chi connectivity index (χ3v) is 5.43. The van der Waals surface area contributed by atoms with Crippen LogP contribution in [0.3, 0.4) is 0 Å². The molecule has 0 atom stereocenters. The fourth-order valence-corrected chi connectivity index (χ4v) is 4.02. The molecule has 0 saturated heterocycles. The van der Waals surface area contributed by atoms with Crippen molar-refractivity contribution in [2.75, 3.05) is 5.32 Å². The van der Waals surface area contributed by atoms with Gasteiger partial charge in [-0.3, -0.25) is 0 Å². The normalized spacial score (nSPS) is 12.0. The third-order valence-electron chi connectivity index (χ3n) is 4.06. The maximum Gasteiger partial charge on any atom is 0.240 e. The number of nitrogens with two attached hydrogens (primary N) is 1. The number of aryl methyl sites for hydroxylation is 2. The molecule has 0 unspecified atom stereocenters. The molecular weight excluding hydrogens is 422 g/mol. The quantitative estimate of drug-likeness (QED) is 0.422. The topological polar surface area (TPSA) is 122 Å². The predicted octanol–water partition coefficient (Wildman–Crippen LogP) is 3.97. The van der Waals surface area contributed by atoms with Crippen molar-refractivity contribution in [2.24, 2.45) is 22.4 Å². The molecular formula is C17H16ClN5O3S2. The Morgan fingerprint density at radius 3 is 2.68 bits per heavy atom. The van der Waals surface area contributed by atoms with E-state index in [4.69, 9.17) is 29.0 Å². The molecule has 0 radical (unpaired) electrons. The van der Waals surface area contributed by atoms with Crippen LogP contribution < -0.4 is 10.5 Å². The van der Waals surface area contributed by atoms with Crippen LogP contribution in [0.5, 0.6) is 5.88 Å².